The van der Waals surface area contributed by atoms with Gasteiger partial charge in [-0.05, 0) is 6.92 Å². The Morgan fingerprint density at radius 2 is 2.46 bits per heavy atom. The third-order valence-electron chi connectivity index (χ3n) is 1.31. The third-order valence-corrected chi connectivity index (χ3v) is 2.72. The van der Waals surface area contributed by atoms with E-state index in [-0.39, 0.29) is 5.75 Å². The van der Waals surface area contributed by atoms with Gasteiger partial charge in [0, 0.05) is 0 Å². The molecule has 1 N–H and O–H groups in total. The molecule has 13 heavy (non-hydrogen) atoms. The number of halogens is 1. The molecule has 0 spiro atoms. The molecule has 0 unspecified atom stereocenters. The van der Waals surface area contributed by atoms with Crippen molar-refractivity contribution in [3.05, 3.63) is 16.5 Å². The summed E-state index contributed by atoms with van der Waals surface area (Å²) < 4.78 is 4.88. The van der Waals surface area contributed by atoms with Gasteiger partial charge >= 0.3 is 5.97 Å². The fraction of sp³-hybridized carbons (Fsp3) is 0.429. The van der Waals surface area contributed by atoms with Gasteiger partial charge in [-0.15, -0.1) is 11.8 Å². The number of hydrogen-bond donors (Lipinski definition) is 1. The second-order valence-electron chi connectivity index (χ2n) is 2.39. The number of thioether (sulfide) groups is 1. The topological polar surface area (TPSA) is 63.3 Å². The number of carbonyl (C=O) groups is 1. The Kier molecular flexibility index (Phi) is 3.62. The van der Waals surface area contributed by atoms with Crippen molar-refractivity contribution in [3.8, 4) is 0 Å². The van der Waals surface area contributed by atoms with Crippen LogP contribution in [0.25, 0.3) is 0 Å². The van der Waals surface area contributed by atoms with Gasteiger partial charge in [-0.1, -0.05) is 16.8 Å². The number of aromatic nitrogens is 1. The Bertz CT molecular complexity index is 313. The van der Waals surface area contributed by atoms with Crippen molar-refractivity contribution in [1.29, 1.82) is 0 Å². The number of aryl methyl sites for hydroxylation is 1. The van der Waals surface area contributed by atoms with Gasteiger partial charge in [0.05, 0.1) is 17.2 Å². The molecule has 1 rings (SSSR count). The molecule has 1 aromatic rings. The summed E-state index contributed by atoms with van der Waals surface area (Å²) in [6, 6.07) is 0. The Balaban J connectivity index is 2.45. The zero-order valence-corrected chi connectivity index (χ0v) is 8.48. The van der Waals surface area contributed by atoms with E-state index in [1.165, 1.54) is 11.8 Å². The van der Waals surface area contributed by atoms with Gasteiger partial charge < -0.3 is 9.63 Å². The largest absolute Gasteiger partial charge is 0.481 e. The molecular formula is C7H8ClNO3S. The fourth-order valence-electron chi connectivity index (χ4n) is 0.726. The van der Waals surface area contributed by atoms with Crippen LogP contribution in [0.4, 0.5) is 0 Å². The molecule has 1 aromatic heterocycles. The molecular weight excluding hydrogens is 214 g/mol. The number of carboxylic acid groups (broad SMARTS) is 1. The van der Waals surface area contributed by atoms with Crippen LogP contribution < -0.4 is 0 Å². The molecule has 4 nitrogen and oxygen atoms in total. The van der Waals surface area contributed by atoms with Crippen LogP contribution in [0.3, 0.4) is 0 Å². The molecule has 0 fully saturated rings. The monoisotopic (exact) mass is 221 g/mol. The second kappa shape index (κ2) is 4.53. The second-order valence-corrected chi connectivity index (χ2v) is 3.76. The Morgan fingerprint density at radius 3 is 2.92 bits per heavy atom. The molecule has 0 aromatic carbocycles. The SMILES string of the molecule is Cc1noc(CSCC(=O)O)c1Cl. The van der Waals surface area contributed by atoms with Gasteiger partial charge in [-0.25, -0.2) is 0 Å². The Hall–Kier alpha value is -0.680. The Morgan fingerprint density at radius 1 is 1.77 bits per heavy atom. The summed E-state index contributed by atoms with van der Waals surface area (Å²) >= 11 is 7.03. The summed E-state index contributed by atoms with van der Waals surface area (Å²) in [5, 5.41) is 12.5. The van der Waals surface area contributed by atoms with Crippen molar-refractivity contribution in [2.24, 2.45) is 0 Å². The highest BCUT2D eigenvalue weighted by Crippen LogP contribution is 2.23. The van der Waals surface area contributed by atoms with E-state index in [1.54, 1.807) is 6.92 Å². The molecule has 72 valence electrons. The maximum absolute atomic E-state index is 10.2. The van der Waals surface area contributed by atoms with Crippen LogP contribution >= 0.6 is 23.4 Å². The molecule has 6 heteroatoms. The smallest absolute Gasteiger partial charge is 0.313 e. The van der Waals surface area contributed by atoms with Gasteiger partial charge in [0.2, 0.25) is 0 Å². The molecule has 0 aliphatic rings. The predicted octanol–water partition coefficient (Wildman–Crippen LogP) is 1.95. The number of rotatable bonds is 4. The van der Waals surface area contributed by atoms with E-state index in [4.69, 9.17) is 21.2 Å². The number of nitrogens with zero attached hydrogens (tertiary/aromatic N) is 1. The molecule has 0 amide bonds. The first kappa shape index (κ1) is 10.4. The first-order valence-electron chi connectivity index (χ1n) is 3.51. The summed E-state index contributed by atoms with van der Waals surface area (Å²) in [6.45, 7) is 1.73. The van der Waals surface area contributed by atoms with E-state index in [1.807, 2.05) is 0 Å². The van der Waals surface area contributed by atoms with Crippen molar-refractivity contribution in [3.63, 3.8) is 0 Å². The molecule has 0 atom stereocenters. The average Bonchev–Trinajstić information content (AvgIpc) is 2.35. The van der Waals surface area contributed by atoms with E-state index in [9.17, 15) is 4.79 Å². The minimum atomic E-state index is -0.850. The molecule has 0 radical (unpaired) electrons. The molecule has 1 heterocycles. The van der Waals surface area contributed by atoms with Crippen LogP contribution in [0.1, 0.15) is 11.5 Å². The predicted molar refractivity (Wildman–Crippen MR) is 50.0 cm³/mol. The van der Waals surface area contributed by atoms with Crippen molar-refractivity contribution >= 4 is 29.3 Å². The minimum absolute atomic E-state index is 0.0378. The highest BCUT2D eigenvalue weighted by Gasteiger charge is 2.10. The van der Waals surface area contributed by atoms with Crippen LogP contribution in [0.15, 0.2) is 4.52 Å². The summed E-state index contributed by atoms with van der Waals surface area (Å²) in [5.74, 6) is 0.157. The van der Waals surface area contributed by atoms with Crippen LogP contribution in [0.5, 0.6) is 0 Å². The summed E-state index contributed by atoms with van der Waals surface area (Å²) in [4.78, 5) is 10.2. The molecule has 0 saturated carbocycles. The van der Waals surface area contributed by atoms with E-state index in [0.717, 1.165) is 0 Å². The first-order chi connectivity index (χ1) is 6.11. The fourth-order valence-corrected chi connectivity index (χ4v) is 1.60. The molecule has 0 saturated heterocycles. The van der Waals surface area contributed by atoms with E-state index < -0.39 is 5.97 Å². The molecule has 0 aliphatic heterocycles. The number of carboxylic acids is 1. The summed E-state index contributed by atoms with van der Waals surface area (Å²) in [6.07, 6.45) is 0. The third kappa shape index (κ3) is 2.93. The number of aliphatic carboxylic acids is 1. The van der Waals surface area contributed by atoms with Gasteiger partial charge in [-0.3, -0.25) is 4.79 Å². The standard InChI is InChI=1S/C7H8ClNO3S/c1-4-7(8)5(12-9-4)2-13-3-6(10)11/h2-3H2,1H3,(H,10,11). The maximum atomic E-state index is 10.2. The van der Waals surface area contributed by atoms with Crippen LogP contribution in [0.2, 0.25) is 5.02 Å². The van der Waals surface area contributed by atoms with Gasteiger partial charge in [0.25, 0.3) is 0 Å². The maximum Gasteiger partial charge on any atom is 0.313 e. The van der Waals surface area contributed by atoms with E-state index >= 15 is 0 Å². The van der Waals surface area contributed by atoms with Gasteiger partial charge in [-0.2, -0.15) is 0 Å². The summed E-state index contributed by atoms with van der Waals surface area (Å²) in [5.41, 5.74) is 0.632. The van der Waals surface area contributed by atoms with Crippen LogP contribution in [0, 0.1) is 6.92 Å². The van der Waals surface area contributed by atoms with Crippen molar-refractivity contribution in [2.45, 2.75) is 12.7 Å². The Labute approximate surface area is 84.2 Å². The van der Waals surface area contributed by atoms with Gasteiger partial charge in [0.1, 0.15) is 5.02 Å². The minimum Gasteiger partial charge on any atom is -0.481 e. The van der Waals surface area contributed by atoms with Crippen molar-refractivity contribution in [2.75, 3.05) is 5.75 Å². The first-order valence-corrected chi connectivity index (χ1v) is 5.04. The lowest BCUT2D eigenvalue weighted by Gasteiger charge is -1.93. The molecule has 0 bridgehead atoms. The van der Waals surface area contributed by atoms with Crippen LogP contribution in [-0.4, -0.2) is 22.0 Å². The highest BCUT2D eigenvalue weighted by molar-refractivity contribution is 7.99. The van der Waals surface area contributed by atoms with Gasteiger partial charge in [0.15, 0.2) is 5.76 Å². The number of hydrogen-bond acceptors (Lipinski definition) is 4. The van der Waals surface area contributed by atoms with Crippen LogP contribution in [-0.2, 0) is 10.5 Å². The zero-order chi connectivity index (χ0) is 9.84. The zero-order valence-electron chi connectivity index (χ0n) is 6.91. The average molecular weight is 222 g/mol. The summed E-state index contributed by atoms with van der Waals surface area (Å²) in [7, 11) is 0. The molecule has 0 aliphatic carbocycles. The van der Waals surface area contributed by atoms with E-state index in [0.29, 0.717) is 22.2 Å². The normalized spacial score (nSPS) is 10.3. The highest BCUT2D eigenvalue weighted by atomic mass is 35.5. The van der Waals surface area contributed by atoms with E-state index in [2.05, 4.69) is 5.16 Å². The van der Waals surface area contributed by atoms with Crippen molar-refractivity contribution in [1.82, 2.24) is 5.16 Å². The lowest BCUT2D eigenvalue weighted by Crippen LogP contribution is -1.97. The lowest BCUT2D eigenvalue weighted by atomic mass is 10.4. The van der Waals surface area contributed by atoms with Crippen molar-refractivity contribution < 1.29 is 14.4 Å². The quantitative estimate of drug-likeness (QED) is 0.842. The lowest BCUT2D eigenvalue weighted by molar-refractivity contribution is -0.133.